The molecule has 0 bridgehead atoms. The van der Waals surface area contributed by atoms with Crippen molar-refractivity contribution in [1.82, 2.24) is 4.98 Å². The van der Waals surface area contributed by atoms with E-state index in [1.54, 1.807) is 31.2 Å². The number of ether oxygens (including phenoxy) is 1. The summed E-state index contributed by atoms with van der Waals surface area (Å²) in [7, 11) is 0. The molecule has 1 amide bonds. The van der Waals surface area contributed by atoms with Crippen molar-refractivity contribution in [3.8, 4) is 0 Å². The molecule has 0 aliphatic carbocycles. The second-order valence-corrected chi connectivity index (χ2v) is 5.57. The molecule has 0 saturated heterocycles. The molecule has 0 fully saturated rings. The molecule has 1 heterocycles. The van der Waals surface area contributed by atoms with E-state index < -0.39 is 23.8 Å². The lowest BCUT2D eigenvalue weighted by Gasteiger charge is -2.16. The fourth-order valence-corrected chi connectivity index (χ4v) is 2.58. The second-order valence-electron chi connectivity index (χ2n) is 5.57. The predicted octanol–water partition coefficient (Wildman–Crippen LogP) is 3.07. The monoisotopic (exact) mass is 338 g/mol. The van der Waals surface area contributed by atoms with Crippen molar-refractivity contribution in [2.75, 3.05) is 0 Å². The number of esters is 1. The van der Waals surface area contributed by atoms with Crippen molar-refractivity contribution in [2.45, 2.75) is 13.0 Å². The van der Waals surface area contributed by atoms with Crippen LogP contribution in [-0.2, 0) is 9.53 Å². The van der Waals surface area contributed by atoms with Crippen molar-refractivity contribution in [2.24, 2.45) is 5.73 Å². The first-order valence-corrected chi connectivity index (χ1v) is 7.58. The van der Waals surface area contributed by atoms with Gasteiger partial charge in [-0.2, -0.15) is 0 Å². The molecular formula is C19H15FN2O3. The minimum Gasteiger partial charge on any atom is -0.444 e. The molecule has 6 heteroatoms. The Bertz CT molecular complexity index is 955. The second kappa shape index (κ2) is 6.68. The number of aromatic nitrogens is 1. The third-order valence-electron chi connectivity index (χ3n) is 3.72. The fourth-order valence-electron chi connectivity index (χ4n) is 2.58. The Balaban J connectivity index is 1.97. The van der Waals surface area contributed by atoms with Gasteiger partial charge in [-0.15, -0.1) is 0 Å². The molecule has 3 aromatic rings. The molecule has 0 saturated carbocycles. The summed E-state index contributed by atoms with van der Waals surface area (Å²) in [5.74, 6) is -2.00. The predicted molar refractivity (Wildman–Crippen MR) is 90.2 cm³/mol. The van der Waals surface area contributed by atoms with E-state index in [-0.39, 0.29) is 5.56 Å². The van der Waals surface area contributed by atoms with Gasteiger partial charge in [0.2, 0.25) is 6.10 Å². The molecular weight excluding hydrogens is 323 g/mol. The van der Waals surface area contributed by atoms with Crippen LogP contribution >= 0.6 is 0 Å². The largest absolute Gasteiger partial charge is 0.444 e. The van der Waals surface area contributed by atoms with Gasteiger partial charge >= 0.3 is 5.97 Å². The highest BCUT2D eigenvalue weighted by atomic mass is 19.1. The van der Waals surface area contributed by atoms with Gasteiger partial charge in [0.15, 0.2) is 0 Å². The third kappa shape index (κ3) is 3.47. The summed E-state index contributed by atoms with van der Waals surface area (Å²) < 4.78 is 18.4. The zero-order valence-electron chi connectivity index (χ0n) is 13.4. The molecule has 5 nitrogen and oxygen atoms in total. The van der Waals surface area contributed by atoms with Crippen molar-refractivity contribution < 1.29 is 18.7 Å². The van der Waals surface area contributed by atoms with Gasteiger partial charge in [-0.3, -0.25) is 9.78 Å². The van der Waals surface area contributed by atoms with Gasteiger partial charge in [0.05, 0.1) is 11.1 Å². The van der Waals surface area contributed by atoms with Crippen molar-refractivity contribution in [1.29, 1.82) is 0 Å². The van der Waals surface area contributed by atoms with Crippen LogP contribution < -0.4 is 5.73 Å². The van der Waals surface area contributed by atoms with Gasteiger partial charge in [-0.25, -0.2) is 9.18 Å². The number of carbonyl (C=O) groups is 2. The first kappa shape index (κ1) is 16.6. The smallest absolute Gasteiger partial charge is 0.340 e. The summed E-state index contributed by atoms with van der Waals surface area (Å²) in [5.41, 5.74) is 7.23. The molecule has 126 valence electrons. The number of para-hydroxylation sites is 1. The Morgan fingerprint density at radius 2 is 1.80 bits per heavy atom. The van der Waals surface area contributed by atoms with E-state index in [9.17, 15) is 14.0 Å². The van der Waals surface area contributed by atoms with E-state index >= 15 is 0 Å². The number of benzene rings is 2. The first-order chi connectivity index (χ1) is 12.0. The number of pyridine rings is 1. The molecule has 1 unspecified atom stereocenters. The summed E-state index contributed by atoms with van der Waals surface area (Å²) in [4.78, 5) is 28.7. The number of hydrogen-bond acceptors (Lipinski definition) is 4. The minimum atomic E-state index is -1.31. The molecule has 25 heavy (non-hydrogen) atoms. The van der Waals surface area contributed by atoms with Crippen LogP contribution in [0, 0.1) is 12.7 Å². The Hall–Kier alpha value is -3.28. The number of nitrogens with zero attached hydrogens (tertiary/aromatic N) is 1. The Kier molecular flexibility index (Phi) is 4.43. The number of nitrogens with two attached hydrogens (primary N) is 1. The van der Waals surface area contributed by atoms with Crippen LogP contribution in [0.5, 0.6) is 0 Å². The normalized spacial score (nSPS) is 11.9. The highest BCUT2D eigenvalue weighted by molar-refractivity contribution is 6.04. The third-order valence-corrected chi connectivity index (χ3v) is 3.72. The van der Waals surface area contributed by atoms with Crippen molar-refractivity contribution in [3.05, 3.63) is 77.2 Å². The molecule has 1 aromatic heterocycles. The number of rotatable bonds is 4. The highest BCUT2D eigenvalue weighted by Crippen LogP contribution is 2.23. The highest BCUT2D eigenvalue weighted by Gasteiger charge is 2.24. The minimum absolute atomic E-state index is 0.288. The average Bonchev–Trinajstić information content (AvgIpc) is 2.59. The lowest BCUT2D eigenvalue weighted by molar-refractivity contribution is -0.127. The number of primary amides is 1. The van der Waals surface area contributed by atoms with E-state index in [0.29, 0.717) is 22.2 Å². The SMILES string of the molecule is Cc1cc(C(=O)OC(C(N)=O)c2ccc(F)cc2)c2ccccc2n1. The van der Waals surface area contributed by atoms with Crippen LogP contribution in [0.1, 0.15) is 27.7 Å². The maximum Gasteiger partial charge on any atom is 0.340 e. The summed E-state index contributed by atoms with van der Waals surface area (Å²) in [5, 5.41) is 0.612. The number of carbonyl (C=O) groups excluding carboxylic acids is 2. The van der Waals surface area contributed by atoms with Gasteiger partial charge in [0, 0.05) is 16.6 Å². The van der Waals surface area contributed by atoms with Crippen LogP contribution in [0.3, 0.4) is 0 Å². The number of aryl methyl sites for hydroxylation is 1. The van der Waals surface area contributed by atoms with Crippen LogP contribution in [0.4, 0.5) is 4.39 Å². The Morgan fingerprint density at radius 1 is 1.12 bits per heavy atom. The van der Waals surface area contributed by atoms with Gasteiger partial charge in [-0.05, 0) is 31.2 Å². The van der Waals surface area contributed by atoms with E-state index in [1.807, 2.05) is 6.07 Å². The van der Waals surface area contributed by atoms with Gasteiger partial charge in [0.25, 0.3) is 5.91 Å². The van der Waals surface area contributed by atoms with Crippen LogP contribution in [0.25, 0.3) is 10.9 Å². The molecule has 2 aromatic carbocycles. The van der Waals surface area contributed by atoms with E-state index in [0.717, 1.165) is 0 Å². The van der Waals surface area contributed by atoms with Crippen molar-refractivity contribution >= 4 is 22.8 Å². The quantitative estimate of drug-likeness (QED) is 0.741. The van der Waals surface area contributed by atoms with Crippen LogP contribution in [-0.4, -0.2) is 16.9 Å². The maximum atomic E-state index is 13.1. The maximum absolute atomic E-state index is 13.1. The summed E-state index contributed by atoms with van der Waals surface area (Å²) >= 11 is 0. The van der Waals surface area contributed by atoms with Gasteiger partial charge < -0.3 is 10.5 Å². The van der Waals surface area contributed by atoms with Crippen LogP contribution in [0.15, 0.2) is 54.6 Å². The van der Waals surface area contributed by atoms with E-state index in [4.69, 9.17) is 10.5 Å². The molecule has 1 atom stereocenters. The van der Waals surface area contributed by atoms with Crippen LogP contribution in [0.2, 0.25) is 0 Å². The number of hydrogen-bond donors (Lipinski definition) is 1. The zero-order valence-corrected chi connectivity index (χ0v) is 13.4. The fraction of sp³-hybridized carbons (Fsp3) is 0.105. The van der Waals surface area contributed by atoms with Gasteiger partial charge in [0.1, 0.15) is 5.82 Å². The summed E-state index contributed by atoms with van der Waals surface area (Å²) in [6.45, 7) is 1.76. The number of amides is 1. The molecule has 0 radical (unpaired) electrons. The Morgan fingerprint density at radius 3 is 2.48 bits per heavy atom. The number of halogens is 1. The summed E-state index contributed by atoms with van der Waals surface area (Å²) in [6.07, 6.45) is -1.31. The zero-order chi connectivity index (χ0) is 18.0. The van der Waals surface area contributed by atoms with E-state index in [2.05, 4.69) is 4.98 Å². The first-order valence-electron chi connectivity index (χ1n) is 7.58. The molecule has 3 rings (SSSR count). The number of fused-ring (bicyclic) bond motifs is 1. The van der Waals surface area contributed by atoms with E-state index in [1.165, 1.54) is 24.3 Å². The standard InChI is InChI=1S/C19H15FN2O3/c1-11-10-15(14-4-2-3-5-16(14)22-11)19(24)25-17(18(21)23)12-6-8-13(20)9-7-12/h2-10,17H,1H3,(H2,21,23). The molecule has 0 spiro atoms. The lowest BCUT2D eigenvalue weighted by atomic mass is 10.1. The van der Waals surface area contributed by atoms with Gasteiger partial charge in [-0.1, -0.05) is 30.3 Å². The lowest BCUT2D eigenvalue weighted by Crippen LogP contribution is -2.26. The van der Waals surface area contributed by atoms with Crippen molar-refractivity contribution in [3.63, 3.8) is 0 Å². The average molecular weight is 338 g/mol. The molecule has 0 aliphatic rings. The topological polar surface area (TPSA) is 82.3 Å². The molecule has 2 N–H and O–H groups in total. The summed E-state index contributed by atoms with van der Waals surface area (Å²) in [6, 6.07) is 13.8. The Labute approximate surface area is 143 Å². The molecule has 0 aliphatic heterocycles.